The van der Waals surface area contributed by atoms with Gasteiger partial charge in [-0.1, -0.05) is 6.07 Å². The van der Waals surface area contributed by atoms with Gasteiger partial charge in [-0.15, -0.1) is 11.3 Å². The second kappa shape index (κ2) is 7.81. The first-order chi connectivity index (χ1) is 8.27. The zero-order valence-electron chi connectivity index (χ0n) is 9.93. The van der Waals surface area contributed by atoms with Crippen molar-refractivity contribution in [3.05, 3.63) is 22.4 Å². The number of amidine groups is 1. The number of carbonyl (C=O) groups excluding carboxylic acids is 1. The van der Waals surface area contributed by atoms with Gasteiger partial charge in [0.25, 0.3) is 11.9 Å². The number of rotatable bonds is 5. The molecule has 1 rings (SSSR count). The average Bonchev–Trinajstić information content (AvgIpc) is 2.83. The summed E-state index contributed by atoms with van der Waals surface area (Å²) in [6, 6.07) is 3.81. The van der Waals surface area contributed by atoms with E-state index < -0.39 is 0 Å². The summed E-state index contributed by atoms with van der Waals surface area (Å²) in [5.74, 6) is -0.204. The van der Waals surface area contributed by atoms with Gasteiger partial charge in [0.2, 0.25) is 0 Å². The molecule has 0 bridgehead atoms. The summed E-state index contributed by atoms with van der Waals surface area (Å²) >= 11 is 1.37. The molecule has 0 aliphatic rings. The highest BCUT2D eigenvalue weighted by molar-refractivity contribution is 7.12. The number of hydrogen-bond donors (Lipinski definition) is 1. The SMILES string of the molecule is CCOC(=NCCOC)NC(=O)c1cccs1. The minimum atomic E-state index is -0.204. The van der Waals surface area contributed by atoms with E-state index in [1.54, 1.807) is 13.2 Å². The summed E-state index contributed by atoms with van der Waals surface area (Å²) in [6.07, 6.45) is 0. The molecule has 6 heteroatoms. The van der Waals surface area contributed by atoms with Crippen molar-refractivity contribution >= 4 is 23.3 Å². The molecule has 1 aromatic rings. The van der Waals surface area contributed by atoms with Crippen LogP contribution >= 0.6 is 11.3 Å². The number of thiophene rings is 1. The van der Waals surface area contributed by atoms with Crippen molar-refractivity contribution < 1.29 is 14.3 Å². The molecule has 17 heavy (non-hydrogen) atoms. The van der Waals surface area contributed by atoms with E-state index in [-0.39, 0.29) is 11.9 Å². The fourth-order valence-corrected chi connectivity index (χ4v) is 1.68. The van der Waals surface area contributed by atoms with Crippen LogP contribution in [0.4, 0.5) is 0 Å². The number of carbonyl (C=O) groups is 1. The number of hydrogen-bond acceptors (Lipinski definition) is 5. The first kappa shape index (κ1) is 13.7. The molecule has 0 spiro atoms. The third-order valence-corrected chi connectivity index (χ3v) is 2.67. The van der Waals surface area contributed by atoms with E-state index in [0.717, 1.165) is 0 Å². The van der Waals surface area contributed by atoms with Crippen LogP contribution in [0.5, 0.6) is 0 Å². The van der Waals surface area contributed by atoms with Gasteiger partial charge in [0.05, 0.1) is 24.6 Å². The number of aliphatic imine (C=N–C) groups is 1. The summed E-state index contributed by atoms with van der Waals surface area (Å²) in [5.41, 5.74) is 0. The van der Waals surface area contributed by atoms with E-state index in [4.69, 9.17) is 9.47 Å². The smallest absolute Gasteiger partial charge is 0.291 e. The number of nitrogens with one attached hydrogen (secondary N) is 1. The minimum absolute atomic E-state index is 0.204. The predicted molar refractivity (Wildman–Crippen MR) is 67.6 cm³/mol. The first-order valence-corrected chi connectivity index (χ1v) is 6.17. The Morgan fingerprint density at radius 3 is 3.00 bits per heavy atom. The molecule has 0 aliphatic heterocycles. The standard InChI is InChI=1S/C11H16N2O3S/c1-3-16-11(12-6-7-15-2)13-10(14)9-5-4-8-17-9/h4-5,8H,3,6-7H2,1-2H3,(H,12,13,14). The third kappa shape index (κ3) is 4.97. The quantitative estimate of drug-likeness (QED) is 0.493. The van der Waals surface area contributed by atoms with Crippen molar-refractivity contribution in [2.45, 2.75) is 6.92 Å². The second-order valence-corrected chi connectivity index (χ2v) is 3.99. The Kier molecular flexibility index (Phi) is 6.27. The van der Waals surface area contributed by atoms with E-state index in [9.17, 15) is 4.79 Å². The molecule has 0 aliphatic carbocycles. The topological polar surface area (TPSA) is 59.9 Å². The first-order valence-electron chi connectivity index (χ1n) is 5.29. The van der Waals surface area contributed by atoms with Crippen molar-refractivity contribution in [3.63, 3.8) is 0 Å². The Hall–Kier alpha value is -1.40. The van der Waals surface area contributed by atoms with Crippen LogP contribution in [0.25, 0.3) is 0 Å². The fraction of sp³-hybridized carbons (Fsp3) is 0.455. The summed E-state index contributed by atoms with van der Waals surface area (Å²) in [5, 5.41) is 4.47. The van der Waals surface area contributed by atoms with Crippen LogP contribution in [0, 0.1) is 0 Å². The van der Waals surface area contributed by atoms with Crippen LogP contribution in [-0.4, -0.2) is 38.8 Å². The monoisotopic (exact) mass is 256 g/mol. The third-order valence-electron chi connectivity index (χ3n) is 1.80. The molecular weight excluding hydrogens is 240 g/mol. The fourth-order valence-electron chi connectivity index (χ4n) is 1.06. The lowest BCUT2D eigenvalue weighted by atomic mass is 10.4. The maximum absolute atomic E-state index is 11.7. The van der Waals surface area contributed by atoms with E-state index in [1.807, 2.05) is 18.4 Å². The molecule has 1 heterocycles. The lowest BCUT2D eigenvalue weighted by molar-refractivity contribution is 0.0970. The van der Waals surface area contributed by atoms with Crippen LogP contribution < -0.4 is 5.32 Å². The van der Waals surface area contributed by atoms with Gasteiger partial charge in [-0.05, 0) is 18.4 Å². The van der Waals surface area contributed by atoms with Crippen molar-refractivity contribution in [1.82, 2.24) is 5.32 Å². The van der Waals surface area contributed by atoms with Gasteiger partial charge in [0.15, 0.2) is 0 Å². The Balaban J connectivity index is 2.54. The predicted octanol–water partition coefficient (Wildman–Crippen LogP) is 1.52. The van der Waals surface area contributed by atoms with Crippen molar-refractivity contribution in [3.8, 4) is 0 Å². The van der Waals surface area contributed by atoms with Gasteiger partial charge >= 0.3 is 0 Å². The maximum Gasteiger partial charge on any atom is 0.291 e. The second-order valence-electron chi connectivity index (χ2n) is 3.04. The number of nitrogens with zero attached hydrogens (tertiary/aromatic N) is 1. The van der Waals surface area contributed by atoms with E-state index in [2.05, 4.69) is 10.3 Å². The number of methoxy groups -OCH3 is 1. The van der Waals surface area contributed by atoms with Gasteiger partial charge in [-0.3, -0.25) is 10.1 Å². The molecule has 94 valence electrons. The molecule has 1 N–H and O–H groups in total. The number of ether oxygens (including phenoxy) is 2. The molecule has 1 amide bonds. The number of amides is 1. The molecule has 0 atom stereocenters. The molecule has 0 aromatic carbocycles. The van der Waals surface area contributed by atoms with Crippen molar-refractivity contribution in [2.75, 3.05) is 26.9 Å². The molecule has 1 aromatic heterocycles. The Labute approximate surface area is 104 Å². The summed E-state index contributed by atoms with van der Waals surface area (Å²) in [7, 11) is 1.60. The molecule has 0 radical (unpaired) electrons. The lowest BCUT2D eigenvalue weighted by Crippen LogP contribution is -2.32. The zero-order chi connectivity index (χ0) is 12.5. The summed E-state index contributed by atoms with van der Waals surface area (Å²) < 4.78 is 10.1. The molecule has 0 saturated heterocycles. The Morgan fingerprint density at radius 2 is 2.41 bits per heavy atom. The normalized spacial score (nSPS) is 11.3. The van der Waals surface area contributed by atoms with Crippen LogP contribution in [0.3, 0.4) is 0 Å². The van der Waals surface area contributed by atoms with Gasteiger partial charge in [0.1, 0.15) is 0 Å². The van der Waals surface area contributed by atoms with Crippen LogP contribution in [-0.2, 0) is 9.47 Å². The van der Waals surface area contributed by atoms with Crippen LogP contribution in [0.1, 0.15) is 16.6 Å². The van der Waals surface area contributed by atoms with Crippen LogP contribution in [0.15, 0.2) is 22.5 Å². The van der Waals surface area contributed by atoms with Gasteiger partial charge in [0, 0.05) is 7.11 Å². The highest BCUT2D eigenvalue weighted by Crippen LogP contribution is 2.07. The average molecular weight is 256 g/mol. The molecule has 0 fully saturated rings. The molecular formula is C11H16N2O3S. The Morgan fingerprint density at radius 1 is 1.59 bits per heavy atom. The van der Waals surface area contributed by atoms with Crippen molar-refractivity contribution in [2.24, 2.45) is 4.99 Å². The van der Waals surface area contributed by atoms with Gasteiger partial charge in [-0.25, -0.2) is 4.99 Å². The highest BCUT2D eigenvalue weighted by atomic mass is 32.1. The Bertz CT molecular complexity index is 363. The van der Waals surface area contributed by atoms with E-state index in [1.165, 1.54) is 11.3 Å². The van der Waals surface area contributed by atoms with E-state index in [0.29, 0.717) is 24.6 Å². The van der Waals surface area contributed by atoms with E-state index >= 15 is 0 Å². The summed E-state index contributed by atoms with van der Waals surface area (Å²) in [6.45, 7) is 3.24. The maximum atomic E-state index is 11.7. The highest BCUT2D eigenvalue weighted by Gasteiger charge is 2.09. The van der Waals surface area contributed by atoms with Crippen LogP contribution in [0.2, 0.25) is 0 Å². The zero-order valence-corrected chi connectivity index (χ0v) is 10.8. The lowest BCUT2D eigenvalue weighted by Gasteiger charge is -2.08. The minimum Gasteiger partial charge on any atom is -0.465 e. The molecule has 0 unspecified atom stereocenters. The van der Waals surface area contributed by atoms with Gasteiger partial charge < -0.3 is 9.47 Å². The summed E-state index contributed by atoms with van der Waals surface area (Å²) in [4.78, 5) is 16.5. The molecule has 0 saturated carbocycles. The molecule has 5 nitrogen and oxygen atoms in total. The van der Waals surface area contributed by atoms with Crippen molar-refractivity contribution in [1.29, 1.82) is 0 Å². The largest absolute Gasteiger partial charge is 0.465 e. The van der Waals surface area contributed by atoms with Gasteiger partial charge in [-0.2, -0.15) is 0 Å².